The number of hydrogen-bond acceptors (Lipinski definition) is 13. The summed E-state index contributed by atoms with van der Waals surface area (Å²) in [6.07, 6.45) is 15.9. The number of hydrogen-bond donors (Lipinski definition) is 6. The van der Waals surface area contributed by atoms with Crippen molar-refractivity contribution >= 4 is 33.4 Å². The van der Waals surface area contributed by atoms with Crippen molar-refractivity contribution in [2.24, 2.45) is 17.8 Å². The maximum Gasteiger partial charge on any atom is 0.472 e. The van der Waals surface area contributed by atoms with Crippen LogP contribution in [0.2, 0.25) is 0 Å². The highest BCUT2D eigenvalue weighted by Crippen LogP contribution is 2.44. The molecule has 0 amide bonds. The molecule has 6 N–H and O–H groups in total. The standard InChI is InChI=1S/C39H70O16P2/c1-4-5-13-19-31(40)23-24-35-34(36(42)25-37(35)43)20-15-11-12-16-21-38(44)51-28-33(29-54-57(49,50)53-27-32(41)26-52-56(46,47)48)55-39(45)22-17-10-8-6-7-9-14-18-30(2)3/h11,15,23-24,30-36,40-42H,4-10,12-14,16-22,25-29H2,1-3H3,(H,49,50)(H2,46,47,48)/b15-11-,24-23+/t31-,32-,33+,34+,35+,36-/m0/s1. The van der Waals surface area contributed by atoms with E-state index in [-0.39, 0.29) is 31.0 Å². The van der Waals surface area contributed by atoms with Crippen molar-refractivity contribution in [2.75, 3.05) is 26.4 Å². The number of carbonyl (C=O) groups excluding carboxylic acids is 3. The Morgan fingerprint density at radius 2 is 1.40 bits per heavy atom. The van der Waals surface area contributed by atoms with E-state index in [0.717, 1.165) is 44.9 Å². The predicted octanol–water partition coefficient (Wildman–Crippen LogP) is 6.39. The maximum atomic E-state index is 12.6. The molecule has 0 aromatic heterocycles. The molecule has 332 valence electrons. The van der Waals surface area contributed by atoms with E-state index in [9.17, 15) is 43.7 Å². The number of aliphatic hydroxyl groups is 3. The van der Waals surface area contributed by atoms with E-state index in [1.807, 2.05) is 12.2 Å². The molecule has 1 rings (SSSR count). The van der Waals surface area contributed by atoms with Gasteiger partial charge in [0.1, 0.15) is 18.5 Å². The number of phosphoric acid groups is 2. The van der Waals surface area contributed by atoms with Crippen molar-refractivity contribution in [3.63, 3.8) is 0 Å². The average Bonchev–Trinajstić information content (AvgIpc) is 3.41. The minimum absolute atomic E-state index is 0.00529. The van der Waals surface area contributed by atoms with E-state index in [4.69, 9.17) is 23.8 Å². The molecule has 0 aromatic carbocycles. The molecule has 1 fully saturated rings. The summed E-state index contributed by atoms with van der Waals surface area (Å²) in [5, 5.41) is 30.4. The first-order valence-electron chi connectivity index (χ1n) is 20.5. The largest absolute Gasteiger partial charge is 0.472 e. The Bertz CT molecular complexity index is 1280. The third-order valence-electron chi connectivity index (χ3n) is 9.39. The molecule has 18 heteroatoms. The van der Waals surface area contributed by atoms with Gasteiger partial charge in [-0.2, -0.15) is 0 Å². The van der Waals surface area contributed by atoms with Gasteiger partial charge in [0.25, 0.3) is 0 Å². The predicted molar refractivity (Wildman–Crippen MR) is 212 cm³/mol. The van der Waals surface area contributed by atoms with Crippen LogP contribution in [-0.4, -0.2) is 98.6 Å². The van der Waals surface area contributed by atoms with Crippen LogP contribution in [0.1, 0.15) is 136 Å². The highest BCUT2D eigenvalue weighted by Gasteiger charge is 2.39. The second-order valence-corrected chi connectivity index (χ2v) is 17.9. The van der Waals surface area contributed by atoms with Crippen molar-refractivity contribution in [3.05, 3.63) is 24.3 Å². The zero-order chi connectivity index (χ0) is 42.7. The van der Waals surface area contributed by atoms with Gasteiger partial charge in [0.2, 0.25) is 0 Å². The molecule has 0 heterocycles. The van der Waals surface area contributed by atoms with Gasteiger partial charge in [0.15, 0.2) is 6.10 Å². The van der Waals surface area contributed by atoms with Gasteiger partial charge in [-0.05, 0) is 38.0 Å². The molecule has 57 heavy (non-hydrogen) atoms. The summed E-state index contributed by atoms with van der Waals surface area (Å²) >= 11 is 0. The number of ether oxygens (including phenoxy) is 2. The van der Waals surface area contributed by atoms with Crippen LogP contribution in [0.25, 0.3) is 0 Å². The molecule has 0 bridgehead atoms. The van der Waals surface area contributed by atoms with E-state index in [2.05, 4.69) is 29.8 Å². The van der Waals surface area contributed by atoms with Crippen LogP contribution in [0.5, 0.6) is 0 Å². The van der Waals surface area contributed by atoms with Gasteiger partial charge in [-0.25, -0.2) is 9.13 Å². The van der Waals surface area contributed by atoms with E-state index in [1.54, 1.807) is 12.2 Å². The maximum absolute atomic E-state index is 12.6. The van der Waals surface area contributed by atoms with Crippen LogP contribution >= 0.6 is 15.6 Å². The van der Waals surface area contributed by atoms with Crippen LogP contribution in [0.3, 0.4) is 0 Å². The van der Waals surface area contributed by atoms with Crippen molar-refractivity contribution in [2.45, 2.75) is 161 Å². The fraction of sp³-hybridized carbons (Fsp3) is 0.821. The third kappa shape index (κ3) is 28.3. The quantitative estimate of drug-likeness (QED) is 0.0177. The lowest BCUT2D eigenvalue weighted by Crippen LogP contribution is -2.30. The number of rotatable bonds is 34. The zero-order valence-corrected chi connectivity index (χ0v) is 35.9. The van der Waals surface area contributed by atoms with E-state index >= 15 is 0 Å². The number of phosphoric ester groups is 2. The molecule has 0 aromatic rings. The lowest BCUT2D eigenvalue weighted by Gasteiger charge is -2.20. The number of carbonyl (C=O) groups is 3. The van der Waals surface area contributed by atoms with Gasteiger partial charge in [-0.15, -0.1) is 0 Å². The van der Waals surface area contributed by atoms with Crippen molar-refractivity contribution < 1.29 is 76.6 Å². The van der Waals surface area contributed by atoms with Crippen molar-refractivity contribution in [3.8, 4) is 0 Å². The summed E-state index contributed by atoms with van der Waals surface area (Å²) in [6, 6.07) is 0. The minimum atomic E-state index is -4.89. The second-order valence-electron chi connectivity index (χ2n) is 15.2. The summed E-state index contributed by atoms with van der Waals surface area (Å²) in [4.78, 5) is 65.2. The first-order valence-corrected chi connectivity index (χ1v) is 23.5. The number of esters is 2. The number of aliphatic hydroxyl groups excluding tert-OH is 3. The van der Waals surface area contributed by atoms with Crippen LogP contribution in [0.15, 0.2) is 24.3 Å². The topological polar surface area (TPSA) is 253 Å². The molecule has 1 aliphatic rings. The summed E-state index contributed by atoms with van der Waals surface area (Å²) in [5.41, 5.74) is 0. The van der Waals surface area contributed by atoms with Gasteiger partial charge in [0.05, 0.1) is 32.0 Å². The SMILES string of the molecule is CCCCC[C@H](O)/C=C/[C@H]1C(=O)C[C@H](O)[C@@H]1C/C=C\CCCC(=O)OC[C@H](COP(=O)(O)OC[C@@H](O)COP(=O)(O)O)OC(=O)CCCCCCCCCC(C)C. The summed E-state index contributed by atoms with van der Waals surface area (Å²) in [7, 11) is -9.75. The summed E-state index contributed by atoms with van der Waals surface area (Å²) in [5.74, 6) is -1.39. The molecule has 7 atom stereocenters. The Morgan fingerprint density at radius 1 is 0.789 bits per heavy atom. The molecule has 0 radical (unpaired) electrons. The molecular weight excluding hydrogens is 786 g/mol. The average molecular weight is 857 g/mol. The molecule has 0 spiro atoms. The van der Waals surface area contributed by atoms with Crippen LogP contribution in [-0.2, 0) is 46.6 Å². The fourth-order valence-electron chi connectivity index (χ4n) is 6.16. The Hall–Kier alpha value is -1.81. The number of unbranched alkanes of at least 4 members (excludes halogenated alkanes) is 9. The summed E-state index contributed by atoms with van der Waals surface area (Å²) < 4.78 is 47.6. The normalized spacial score (nSPS) is 20.3. The number of ketones is 1. The van der Waals surface area contributed by atoms with Crippen LogP contribution < -0.4 is 0 Å². The van der Waals surface area contributed by atoms with Gasteiger partial charge in [-0.3, -0.25) is 28.0 Å². The highest BCUT2D eigenvalue weighted by molar-refractivity contribution is 7.47. The van der Waals surface area contributed by atoms with E-state index in [1.165, 1.54) is 19.3 Å². The van der Waals surface area contributed by atoms with Crippen molar-refractivity contribution in [1.29, 1.82) is 0 Å². The van der Waals surface area contributed by atoms with Crippen LogP contribution in [0, 0.1) is 17.8 Å². The van der Waals surface area contributed by atoms with Gasteiger partial charge < -0.3 is 39.5 Å². The lowest BCUT2D eigenvalue weighted by atomic mass is 9.90. The van der Waals surface area contributed by atoms with Gasteiger partial charge in [-0.1, -0.05) is 109 Å². The van der Waals surface area contributed by atoms with Gasteiger partial charge >= 0.3 is 27.6 Å². The molecule has 0 aliphatic heterocycles. The fourth-order valence-corrected chi connectivity index (χ4v) is 7.32. The Balaban J connectivity index is 2.60. The van der Waals surface area contributed by atoms with E-state index in [0.29, 0.717) is 38.0 Å². The molecular formula is C39H70O16P2. The third-order valence-corrected chi connectivity index (χ3v) is 10.8. The second kappa shape index (κ2) is 30.3. The zero-order valence-electron chi connectivity index (χ0n) is 34.1. The lowest BCUT2D eigenvalue weighted by molar-refractivity contribution is -0.161. The smallest absolute Gasteiger partial charge is 0.462 e. The van der Waals surface area contributed by atoms with Crippen molar-refractivity contribution in [1.82, 2.24) is 0 Å². The Kier molecular flexibility index (Phi) is 28.2. The van der Waals surface area contributed by atoms with Crippen LogP contribution in [0.4, 0.5) is 0 Å². The first kappa shape index (κ1) is 53.2. The molecule has 0 saturated heterocycles. The summed E-state index contributed by atoms with van der Waals surface area (Å²) in [6.45, 7) is 3.54. The Labute approximate surface area is 338 Å². The molecule has 16 nitrogen and oxygen atoms in total. The number of allylic oxidation sites excluding steroid dienone is 3. The monoisotopic (exact) mass is 856 g/mol. The number of Topliss-reactive ketones (excluding diaryl/α,β-unsaturated/α-hetero) is 1. The Morgan fingerprint density at radius 3 is 2.07 bits per heavy atom. The molecule has 1 aliphatic carbocycles. The minimum Gasteiger partial charge on any atom is -0.462 e. The van der Waals surface area contributed by atoms with Gasteiger partial charge in [0, 0.05) is 31.1 Å². The first-order chi connectivity index (χ1) is 26.9. The molecule has 1 unspecified atom stereocenters. The van der Waals surface area contributed by atoms with E-state index < -0.39 is 84.3 Å². The highest BCUT2D eigenvalue weighted by atomic mass is 31.2. The molecule has 1 saturated carbocycles.